The molecule has 0 aromatic heterocycles. The number of aromatic hydroxyl groups is 1. The number of nitrogens with two attached hydrogens (primary N) is 1. The smallest absolute Gasteiger partial charge is 0.257 e. The van der Waals surface area contributed by atoms with Gasteiger partial charge in [0.05, 0.1) is 25.5 Å². The monoisotopic (exact) mass is 288 g/mol. The second kappa shape index (κ2) is 6.04. The van der Waals surface area contributed by atoms with Crippen LogP contribution in [0.2, 0.25) is 0 Å². The topological polar surface area (TPSA) is 93.8 Å². The summed E-state index contributed by atoms with van der Waals surface area (Å²) in [6.45, 7) is 0. The molecule has 2 rings (SSSR count). The van der Waals surface area contributed by atoms with Crippen LogP contribution in [0.5, 0.6) is 17.2 Å². The van der Waals surface area contributed by atoms with Crippen molar-refractivity contribution in [1.29, 1.82) is 0 Å². The molecule has 0 aliphatic rings. The number of methoxy groups -OCH3 is 2. The van der Waals surface area contributed by atoms with Crippen molar-refractivity contribution < 1.29 is 19.4 Å². The van der Waals surface area contributed by atoms with E-state index < -0.39 is 5.91 Å². The highest BCUT2D eigenvalue weighted by atomic mass is 16.5. The van der Waals surface area contributed by atoms with Gasteiger partial charge in [-0.2, -0.15) is 0 Å². The molecule has 0 atom stereocenters. The number of amides is 1. The minimum atomic E-state index is -0.421. The minimum absolute atomic E-state index is 0.0882. The Hall–Kier alpha value is -2.89. The quantitative estimate of drug-likeness (QED) is 0.592. The molecule has 6 nitrogen and oxygen atoms in total. The predicted molar refractivity (Wildman–Crippen MR) is 80.0 cm³/mol. The van der Waals surface area contributed by atoms with E-state index >= 15 is 0 Å². The van der Waals surface area contributed by atoms with Crippen LogP contribution in [0, 0.1) is 0 Å². The molecule has 110 valence electrons. The van der Waals surface area contributed by atoms with E-state index in [1.165, 1.54) is 20.3 Å². The third kappa shape index (κ3) is 3.17. The predicted octanol–water partition coefficient (Wildman–Crippen LogP) is 2.24. The molecule has 0 bridgehead atoms. The zero-order valence-electron chi connectivity index (χ0n) is 11.7. The van der Waals surface area contributed by atoms with Gasteiger partial charge in [-0.05, 0) is 24.3 Å². The summed E-state index contributed by atoms with van der Waals surface area (Å²) in [5, 5.41) is 12.4. The molecular formula is C15H16N2O4. The fourth-order valence-electron chi connectivity index (χ4n) is 1.81. The number of carbonyl (C=O) groups is 1. The molecule has 0 fully saturated rings. The van der Waals surface area contributed by atoms with Crippen molar-refractivity contribution >= 4 is 17.3 Å². The highest BCUT2D eigenvalue weighted by Gasteiger charge is 2.13. The van der Waals surface area contributed by atoms with Crippen LogP contribution in [0.4, 0.5) is 11.4 Å². The molecule has 0 unspecified atom stereocenters. The zero-order chi connectivity index (χ0) is 15.4. The Morgan fingerprint density at radius 1 is 1.10 bits per heavy atom. The number of carbonyl (C=O) groups excluding carboxylic acids is 1. The summed E-state index contributed by atoms with van der Waals surface area (Å²) in [6.07, 6.45) is 0. The average Bonchev–Trinajstić information content (AvgIpc) is 2.48. The number of rotatable bonds is 4. The van der Waals surface area contributed by atoms with Gasteiger partial charge in [0.15, 0.2) is 0 Å². The van der Waals surface area contributed by atoms with Gasteiger partial charge in [0, 0.05) is 17.8 Å². The molecule has 1 amide bonds. The second-order valence-electron chi connectivity index (χ2n) is 4.29. The van der Waals surface area contributed by atoms with E-state index in [0.717, 1.165) is 0 Å². The fraction of sp³-hybridized carbons (Fsp3) is 0.133. The number of phenols is 1. The summed E-state index contributed by atoms with van der Waals surface area (Å²) in [6, 6.07) is 9.34. The van der Waals surface area contributed by atoms with Gasteiger partial charge in [-0.15, -0.1) is 0 Å². The van der Waals surface area contributed by atoms with Gasteiger partial charge in [-0.3, -0.25) is 4.79 Å². The van der Waals surface area contributed by atoms with Gasteiger partial charge >= 0.3 is 0 Å². The van der Waals surface area contributed by atoms with Crippen molar-refractivity contribution in [3.05, 3.63) is 42.0 Å². The highest BCUT2D eigenvalue weighted by Crippen LogP contribution is 2.29. The van der Waals surface area contributed by atoms with E-state index in [1.807, 2.05) is 0 Å². The molecule has 2 aromatic rings. The molecule has 0 saturated carbocycles. The zero-order valence-corrected chi connectivity index (χ0v) is 11.7. The van der Waals surface area contributed by atoms with Crippen LogP contribution in [-0.4, -0.2) is 25.2 Å². The van der Waals surface area contributed by atoms with E-state index in [2.05, 4.69) is 5.32 Å². The van der Waals surface area contributed by atoms with Crippen LogP contribution in [0.15, 0.2) is 36.4 Å². The number of nitrogens with one attached hydrogen (secondary N) is 1. The van der Waals surface area contributed by atoms with Crippen molar-refractivity contribution in [3.8, 4) is 17.2 Å². The van der Waals surface area contributed by atoms with E-state index in [-0.39, 0.29) is 11.4 Å². The summed E-state index contributed by atoms with van der Waals surface area (Å²) >= 11 is 0. The number of anilines is 2. The highest BCUT2D eigenvalue weighted by molar-refractivity contribution is 6.08. The summed E-state index contributed by atoms with van der Waals surface area (Å²) < 4.78 is 10.0. The van der Waals surface area contributed by atoms with Crippen LogP contribution < -0.4 is 20.5 Å². The van der Waals surface area contributed by atoms with Crippen molar-refractivity contribution in [2.24, 2.45) is 0 Å². The largest absolute Gasteiger partial charge is 0.506 e. The lowest BCUT2D eigenvalue weighted by Gasteiger charge is -2.11. The van der Waals surface area contributed by atoms with E-state index in [0.29, 0.717) is 22.7 Å². The number of hydrogen-bond donors (Lipinski definition) is 3. The van der Waals surface area contributed by atoms with Gasteiger partial charge in [0.25, 0.3) is 5.91 Å². The molecule has 6 heteroatoms. The molecule has 2 aromatic carbocycles. The molecule has 0 aliphatic carbocycles. The lowest BCUT2D eigenvalue weighted by molar-refractivity contribution is 0.102. The summed E-state index contributed by atoms with van der Waals surface area (Å²) in [4.78, 5) is 12.2. The number of phenolic OH excluding ortho intramolecular Hbond substituents is 1. The third-order valence-electron chi connectivity index (χ3n) is 2.96. The number of ether oxygens (including phenoxy) is 2. The van der Waals surface area contributed by atoms with Crippen molar-refractivity contribution in [1.82, 2.24) is 0 Å². The van der Waals surface area contributed by atoms with Crippen LogP contribution in [0.1, 0.15) is 10.4 Å². The van der Waals surface area contributed by atoms with Gasteiger partial charge < -0.3 is 25.6 Å². The maximum absolute atomic E-state index is 12.2. The normalized spacial score (nSPS) is 10.0. The molecule has 0 radical (unpaired) electrons. The number of nitrogen functional groups attached to an aromatic ring is 1. The molecule has 0 spiro atoms. The van der Waals surface area contributed by atoms with Gasteiger partial charge in [-0.25, -0.2) is 0 Å². The van der Waals surface area contributed by atoms with Crippen LogP contribution >= 0.6 is 0 Å². The van der Waals surface area contributed by atoms with Gasteiger partial charge in [0.1, 0.15) is 17.2 Å². The van der Waals surface area contributed by atoms with Gasteiger partial charge in [0.2, 0.25) is 0 Å². The van der Waals surface area contributed by atoms with E-state index in [1.54, 1.807) is 30.3 Å². The van der Waals surface area contributed by atoms with Crippen LogP contribution in [0.25, 0.3) is 0 Å². The van der Waals surface area contributed by atoms with Crippen LogP contribution in [0.3, 0.4) is 0 Å². The fourth-order valence-corrected chi connectivity index (χ4v) is 1.81. The lowest BCUT2D eigenvalue weighted by atomic mass is 10.1. The minimum Gasteiger partial charge on any atom is -0.506 e. The van der Waals surface area contributed by atoms with Gasteiger partial charge in [-0.1, -0.05) is 0 Å². The first-order chi connectivity index (χ1) is 10.0. The summed E-state index contributed by atoms with van der Waals surface area (Å²) in [5.74, 6) is 0.552. The number of hydrogen-bond acceptors (Lipinski definition) is 5. The van der Waals surface area contributed by atoms with Crippen molar-refractivity contribution in [2.45, 2.75) is 0 Å². The molecule has 0 saturated heterocycles. The first-order valence-electron chi connectivity index (χ1n) is 6.17. The Kier molecular flexibility index (Phi) is 4.18. The van der Waals surface area contributed by atoms with Crippen LogP contribution in [-0.2, 0) is 0 Å². The Labute approximate surface area is 122 Å². The van der Waals surface area contributed by atoms with Crippen molar-refractivity contribution in [2.75, 3.05) is 25.3 Å². The standard InChI is InChI=1S/C15H16N2O4/c1-20-9-3-5-11(12(16)7-9)15(19)17-13-6-4-10(21-2)8-14(13)18/h3-8,18H,16H2,1-2H3,(H,17,19). The second-order valence-corrected chi connectivity index (χ2v) is 4.29. The van der Waals surface area contributed by atoms with Crippen molar-refractivity contribution in [3.63, 3.8) is 0 Å². The third-order valence-corrected chi connectivity index (χ3v) is 2.96. The molecular weight excluding hydrogens is 272 g/mol. The Bertz CT molecular complexity index is 671. The molecule has 21 heavy (non-hydrogen) atoms. The Morgan fingerprint density at radius 3 is 2.29 bits per heavy atom. The maximum Gasteiger partial charge on any atom is 0.257 e. The van der Waals surface area contributed by atoms with E-state index in [9.17, 15) is 9.90 Å². The molecule has 4 N–H and O–H groups in total. The number of benzene rings is 2. The first kappa shape index (κ1) is 14.5. The Morgan fingerprint density at radius 2 is 1.71 bits per heavy atom. The first-order valence-corrected chi connectivity index (χ1v) is 6.17. The lowest BCUT2D eigenvalue weighted by Crippen LogP contribution is -2.14. The van der Waals surface area contributed by atoms with E-state index in [4.69, 9.17) is 15.2 Å². The SMILES string of the molecule is COc1ccc(C(=O)Nc2ccc(OC)cc2O)c(N)c1. The molecule has 0 aliphatic heterocycles. The summed E-state index contributed by atoms with van der Waals surface area (Å²) in [5.41, 5.74) is 6.67. The Balaban J connectivity index is 2.22. The maximum atomic E-state index is 12.2. The molecule has 0 heterocycles. The average molecular weight is 288 g/mol. The summed E-state index contributed by atoms with van der Waals surface area (Å²) in [7, 11) is 3.01.